The molecule has 0 aliphatic rings. The maximum Gasteiger partial charge on any atom is 0.247 e. The highest BCUT2D eigenvalue weighted by Crippen LogP contribution is 2.25. The van der Waals surface area contributed by atoms with Crippen molar-refractivity contribution in [1.82, 2.24) is 15.2 Å². The van der Waals surface area contributed by atoms with Gasteiger partial charge in [-0.1, -0.05) is 35.9 Å². The molecule has 1 N–H and O–H groups in total. The first kappa shape index (κ1) is 20.2. The third kappa shape index (κ3) is 4.01. The molecule has 31 heavy (non-hydrogen) atoms. The van der Waals surface area contributed by atoms with E-state index in [1.54, 1.807) is 13.0 Å². The van der Waals surface area contributed by atoms with E-state index in [2.05, 4.69) is 15.2 Å². The lowest BCUT2D eigenvalue weighted by Gasteiger charge is -2.07. The summed E-state index contributed by atoms with van der Waals surface area (Å²) >= 11 is 0. The quantitative estimate of drug-likeness (QED) is 0.356. The Balaban J connectivity index is 1.47. The van der Waals surface area contributed by atoms with Gasteiger partial charge in [0.05, 0.1) is 6.07 Å². The van der Waals surface area contributed by atoms with E-state index >= 15 is 0 Å². The largest absolute Gasteiger partial charge is 0.421 e. The van der Waals surface area contributed by atoms with Crippen molar-refractivity contribution in [3.63, 3.8) is 0 Å². The predicted octanol–water partition coefficient (Wildman–Crippen LogP) is 4.36. The second-order valence-corrected chi connectivity index (χ2v) is 7.43. The number of hydrogen-bond donors (Lipinski definition) is 1. The molecule has 0 aliphatic carbocycles. The van der Waals surface area contributed by atoms with Gasteiger partial charge in [0, 0.05) is 40.6 Å². The number of aromatic nitrogens is 3. The summed E-state index contributed by atoms with van der Waals surface area (Å²) in [6, 6.07) is 16.8. The van der Waals surface area contributed by atoms with E-state index < -0.39 is 17.5 Å². The number of para-hydroxylation sites is 1. The SMILES string of the molecule is Cc1ccc(-c2nnc(CCC(=O)C(C#N)C(=O)c3c(C)[nH]c4ccccc34)o2)cc1. The number of nitrogens with one attached hydrogen (secondary N) is 1. The van der Waals surface area contributed by atoms with E-state index in [0.29, 0.717) is 22.5 Å². The topological polar surface area (TPSA) is 113 Å². The first-order valence-electron chi connectivity index (χ1n) is 9.91. The lowest BCUT2D eigenvalue weighted by Crippen LogP contribution is -2.23. The summed E-state index contributed by atoms with van der Waals surface area (Å²) in [6.45, 7) is 3.75. The van der Waals surface area contributed by atoms with Crippen molar-refractivity contribution < 1.29 is 14.0 Å². The Hall–Kier alpha value is -4.05. The number of carbonyl (C=O) groups is 2. The molecule has 0 amide bonds. The maximum atomic E-state index is 13.0. The summed E-state index contributed by atoms with van der Waals surface area (Å²) in [5.41, 5.74) is 3.72. The highest BCUT2D eigenvalue weighted by Gasteiger charge is 2.30. The number of fused-ring (bicyclic) bond motifs is 1. The number of benzene rings is 2. The van der Waals surface area contributed by atoms with E-state index in [0.717, 1.165) is 16.6 Å². The minimum Gasteiger partial charge on any atom is -0.421 e. The number of hydrogen-bond acceptors (Lipinski definition) is 6. The molecular weight excluding hydrogens is 392 g/mol. The number of H-pyrrole nitrogens is 1. The van der Waals surface area contributed by atoms with Crippen molar-refractivity contribution in [3.8, 4) is 17.5 Å². The lowest BCUT2D eigenvalue weighted by atomic mass is 9.91. The van der Waals surface area contributed by atoms with Gasteiger partial charge >= 0.3 is 0 Å². The standard InChI is InChI=1S/C24H20N4O3/c1-14-7-9-16(10-8-14)24-28-27-21(31-24)12-11-20(29)18(13-25)23(30)22-15(2)26-19-6-4-3-5-17(19)22/h3-10,18,26H,11-12H2,1-2H3. The average Bonchev–Trinajstić information content (AvgIpc) is 3.36. The van der Waals surface area contributed by atoms with Crippen LogP contribution in [-0.4, -0.2) is 26.7 Å². The summed E-state index contributed by atoms with van der Waals surface area (Å²) < 4.78 is 5.64. The fraction of sp³-hybridized carbons (Fsp3) is 0.208. The van der Waals surface area contributed by atoms with Crippen LogP contribution in [0.1, 0.15) is 33.9 Å². The molecule has 1 atom stereocenters. The van der Waals surface area contributed by atoms with Gasteiger partial charge in [0.1, 0.15) is 0 Å². The zero-order valence-corrected chi connectivity index (χ0v) is 17.2. The lowest BCUT2D eigenvalue weighted by molar-refractivity contribution is -0.120. The van der Waals surface area contributed by atoms with Gasteiger partial charge < -0.3 is 9.40 Å². The van der Waals surface area contributed by atoms with Crippen molar-refractivity contribution in [1.29, 1.82) is 5.26 Å². The van der Waals surface area contributed by atoms with Crippen LogP contribution in [0.15, 0.2) is 52.9 Å². The summed E-state index contributed by atoms with van der Waals surface area (Å²) in [7, 11) is 0. The van der Waals surface area contributed by atoms with Gasteiger partial charge in [-0.05, 0) is 32.0 Å². The van der Waals surface area contributed by atoms with Crippen LogP contribution in [0.25, 0.3) is 22.4 Å². The van der Waals surface area contributed by atoms with Crippen LogP contribution in [0.3, 0.4) is 0 Å². The van der Waals surface area contributed by atoms with Crippen LogP contribution < -0.4 is 0 Å². The predicted molar refractivity (Wildman–Crippen MR) is 114 cm³/mol. The van der Waals surface area contributed by atoms with Crippen LogP contribution in [0.4, 0.5) is 0 Å². The van der Waals surface area contributed by atoms with E-state index in [-0.39, 0.29) is 18.7 Å². The normalized spacial score (nSPS) is 11.9. The van der Waals surface area contributed by atoms with Gasteiger partial charge in [0.15, 0.2) is 17.5 Å². The Kier molecular flexibility index (Phi) is 5.46. The highest BCUT2D eigenvalue weighted by molar-refractivity contribution is 6.18. The molecule has 4 rings (SSSR count). The van der Waals surface area contributed by atoms with Crippen LogP contribution in [0.2, 0.25) is 0 Å². The van der Waals surface area contributed by atoms with Crippen molar-refractivity contribution in [2.45, 2.75) is 26.7 Å². The van der Waals surface area contributed by atoms with Gasteiger partial charge in [-0.25, -0.2) is 0 Å². The number of aryl methyl sites for hydroxylation is 3. The second kappa shape index (κ2) is 8.36. The van der Waals surface area contributed by atoms with Gasteiger partial charge in [-0.2, -0.15) is 5.26 Å². The molecule has 154 valence electrons. The van der Waals surface area contributed by atoms with E-state index in [1.165, 1.54) is 0 Å². The fourth-order valence-electron chi connectivity index (χ4n) is 3.56. The number of aromatic amines is 1. The summed E-state index contributed by atoms with van der Waals surface area (Å²) in [5.74, 6) is -1.68. The number of ketones is 2. The van der Waals surface area contributed by atoms with Gasteiger partial charge in [0.25, 0.3) is 0 Å². The molecule has 0 saturated heterocycles. The first-order valence-corrected chi connectivity index (χ1v) is 9.91. The third-order valence-corrected chi connectivity index (χ3v) is 5.20. The molecule has 4 aromatic rings. The molecule has 0 bridgehead atoms. The van der Waals surface area contributed by atoms with Crippen LogP contribution in [-0.2, 0) is 11.2 Å². The summed E-state index contributed by atoms with van der Waals surface area (Å²) in [4.78, 5) is 28.9. The van der Waals surface area contributed by atoms with E-state index in [9.17, 15) is 14.9 Å². The van der Waals surface area contributed by atoms with Gasteiger partial charge in [0.2, 0.25) is 11.8 Å². The van der Waals surface area contributed by atoms with E-state index in [1.807, 2.05) is 55.5 Å². The minimum absolute atomic E-state index is 0.0408. The van der Waals surface area contributed by atoms with Crippen molar-refractivity contribution in [2.24, 2.45) is 5.92 Å². The van der Waals surface area contributed by atoms with Crippen molar-refractivity contribution >= 4 is 22.5 Å². The monoisotopic (exact) mass is 412 g/mol. The van der Waals surface area contributed by atoms with Crippen LogP contribution >= 0.6 is 0 Å². The van der Waals surface area contributed by atoms with Gasteiger partial charge in [-0.3, -0.25) is 9.59 Å². The molecule has 7 nitrogen and oxygen atoms in total. The molecule has 0 saturated carbocycles. The summed E-state index contributed by atoms with van der Waals surface area (Å²) in [6.07, 6.45) is 0.122. The number of Topliss-reactive ketones (excluding diaryl/α,β-unsaturated/α-hetero) is 2. The fourth-order valence-corrected chi connectivity index (χ4v) is 3.56. The number of nitrogens with zero attached hydrogens (tertiary/aromatic N) is 3. The zero-order valence-electron chi connectivity index (χ0n) is 17.2. The Morgan fingerprint density at radius 2 is 1.84 bits per heavy atom. The van der Waals surface area contributed by atoms with Crippen LogP contribution in [0, 0.1) is 31.1 Å². The molecule has 0 fully saturated rings. The second-order valence-electron chi connectivity index (χ2n) is 7.43. The molecular formula is C24H20N4O3. The summed E-state index contributed by atoms with van der Waals surface area (Å²) in [5, 5.41) is 18.3. The number of rotatable bonds is 7. The molecule has 0 radical (unpaired) electrons. The number of nitriles is 1. The zero-order chi connectivity index (χ0) is 22.0. The molecule has 2 aromatic heterocycles. The molecule has 0 aliphatic heterocycles. The van der Waals surface area contributed by atoms with Crippen LogP contribution in [0.5, 0.6) is 0 Å². The number of carbonyl (C=O) groups excluding carboxylic acids is 2. The molecule has 2 heterocycles. The van der Waals surface area contributed by atoms with Gasteiger partial charge in [-0.15, -0.1) is 10.2 Å². The Bertz CT molecular complexity index is 1310. The van der Waals surface area contributed by atoms with Crippen molar-refractivity contribution in [3.05, 3.63) is 71.2 Å². The average molecular weight is 412 g/mol. The Morgan fingerprint density at radius 1 is 1.10 bits per heavy atom. The smallest absolute Gasteiger partial charge is 0.247 e. The van der Waals surface area contributed by atoms with E-state index in [4.69, 9.17) is 4.42 Å². The third-order valence-electron chi connectivity index (χ3n) is 5.20. The first-order chi connectivity index (χ1) is 15.0. The Morgan fingerprint density at radius 3 is 2.58 bits per heavy atom. The minimum atomic E-state index is -1.38. The molecule has 0 spiro atoms. The Labute approximate surface area is 178 Å². The molecule has 7 heteroatoms. The molecule has 2 aromatic carbocycles. The van der Waals surface area contributed by atoms with Crippen molar-refractivity contribution in [2.75, 3.05) is 0 Å². The molecule has 1 unspecified atom stereocenters. The highest BCUT2D eigenvalue weighted by atomic mass is 16.4. The maximum absolute atomic E-state index is 13.0.